The Bertz CT molecular complexity index is 1160. The van der Waals surface area contributed by atoms with Gasteiger partial charge in [0.1, 0.15) is 0 Å². The molecule has 0 spiro atoms. The second-order valence-corrected chi connectivity index (χ2v) is 10.2. The molecule has 3 aromatic carbocycles. The molecule has 5 nitrogen and oxygen atoms in total. The van der Waals surface area contributed by atoms with Gasteiger partial charge >= 0.3 is 0 Å². The standard InChI is InChI=1S/C23H23ClN2O3S2/c1-16-3-4-17(2)22(13-16)26-31(28,29)21-11-9-20(10-12-21)25-23(27)15-30-14-18-5-7-19(24)8-6-18/h3-13,26H,14-15H2,1-2H3,(H,25,27). The fourth-order valence-electron chi connectivity index (χ4n) is 2.81. The number of hydrogen-bond donors (Lipinski definition) is 2. The molecule has 0 aliphatic heterocycles. The molecule has 0 heterocycles. The van der Waals surface area contributed by atoms with Gasteiger partial charge in [0, 0.05) is 16.5 Å². The average molecular weight is 475 g/mol. The van der Waals surface area contributed by atoms with Gasteiger partial charge in [0.25, 0.3) is 10.0 Å². The Morgan fingerprint density at radius 3 is 2.32 bits per heavy atom. The third kappa shape index (κ3) is 6.75. The lowest BCUT2D eigenvalue weighted by atomic mass is 10.1. The number of benzene rings is 3. The van der Waals surface area contributed by atoms with E-state index >= 15 is 0 Å². The van der Waals surface area contributed by atoms with Gasteiger partial charge in [-0.3, -0.25) is 9.52 Å². The van der Waals surface area contributed by atoms with Gasteiger partial charge < -0.3 is 5.32 Å². The first-order chi connectivity index (χ1) is 14.7. The molecule has 0 atom stereocenters. The van der Waals surface area contributed by atoms with Crippen LogP contribution in [0.4, 0.5) is 11.4 Å². The normalized spacial score (nSPS) is 11.2. The Labute approximate surface area is 192 Å². The van der Waals surface area contributed by atoms with E-state index in [0.717, 1.165) is 16.7 Å². The SMILES string of the molecule is Cc1ccc(C)c(NS(=O)(=O)c2ccc(NC(=O)CSCc3ccc(Cl)cc3)cc2)c1. The largest absolute Gasteiger partial charge is 0.325 e. The van der Waals surface area contributed by atoms with Crippen LogP contribution < -0.4 is 10.0 Å². The van der Waals surface area contributed by atoms with Crippen molar-refractivity contribution >= 4 is 50.7 Å². The van der Waals surface area contributed by atoms with Crippen LogP contribution in [0.25, 0.3) is 0 Å². The van der Waals surface area contributed by atoms with Crippen LogP contribution in [-0.4, -0.2) is 20.1 Å². The molecule has 0 bridgehead atoms. The predicted molar refractivity (Wildman–Crippen MR) is 129 cm³/mol. The second kappa shape index (κ2) is 10.2. The van der Waals surface area contributed by atoms with Crippen LogP contribution in [0.15, 0.2) is 71.6 Å². The quantitative estimate of drug-likeness (QED) is 0.443. The molecule has 0 aliphatic carbocycles. The van der Waals surface area contributed by atoms with E-state index in [-0.39, 0.29) is 16.6 Å². The number of nitrogens with one attached hydrogen (secondary N) is 2. The minimum Gasteiger partial charge on any atom is -0.325 e. The first kappa shape index (κ1) is 23.2. The van der Waals surface area contributed by atoms with Gasteiger partial charge in [0.05, 0.1) is 16.3 Å². The smallest absolute Gasteiger partial charge is 0.261 e. The van der Waals surface area contributed by atoms with Gasteiger partial charge in [-0.25, -0.2) is 8.42 Å². The maximum Gasteiger partial charge on any atom is 0.261 e. The minimum atomic E-state index is -3.72. The maximum absolute atomic E-state index is 12.7. The van der Waals surface area contributed by atoms with Crippen LogP contribution in [0.2, 0.25) is 5.02 Å². The summed E-state index contributed by atoms with van der Waals surface area (Å²) >= 11 is 7.36. The molecule has 2 N–H and O–H groups in total. The second-order valence-electron chi connectivity index (χ2n) is 7.12. The topological polar surface area (TPSA) is 75.3 Å². The highest BCUT2D eigenvalue weighted by atomic mass is 35.5. The maximum atomic E-state index is 12.7. The lowest BCUT2D eigenvalue weighted by Gasteiger charge is -2.12. The van der Waals surface area contributed by atoms with Gasteiger partial charge in [0.2, 0.25) is 5.91 Å². The molecule has 31 heavy (non-hydrogen) atoms. The lowest BCUT2D eigenvalue weighted by Crippen LogP contribution is -2.15. The number of sulfonamides is 1. The molecule has 3 aromatic rings. The molecular formula is C23H23ClN2O3S2. The monoisotopic (exact) mass is 474 g/mol. The highest BCUT2D eigenvalue weighted by molar-refractivity contribution is 7.99. The Kier molecular flexibility index (Phi) is 7.64. The number of amides is 1. The van der Waals surface area contributed by atoms with Gasteiger partial charge in [0.15, 0.2) is 0 Å². The van der Waals surface area contributed by atoms with Crippen LogP contribution in [0.3, 0.4) is 0 Å². The highest BCUT2D eigenvalue weighted by Gasteiger charge is 2.15. The molecule has 0 saturated heterocycles. The number of anilines is 2. The van der Waals surface area contributed by atoms with Crippen molar-refractivity contribution in [2.24, 2.45) is 0 Å². The number of hydrogen-bond acceptors (Lipinski definition) is 4. The Morgan fingerprint density at radius 1 is 0.968 bits per heavy atom. The molecule has 0 aliphatic rings. The van der Waals surface area contributed by atoms with E-state index in [1.807, 2.05) is 50.2 Å². The fourth-order valence-corrected chi connectivity index (χ4v) is 4.84. The zero-order valence-electron chi connectivity index (χ0n) is 17.2. The van der Waals surface area contributed by atoms with Crippen molar-refractivity contribution in [1.82, 2.24) is 0 Å². The van der Waals surface area contributed by atoms with Crippen molar-refractivity contribution in [3.63, 3.8) is 0 Å². The summed E-state index contributed by atoms with van der Waals surface area (Å²) in [4.78, 5) is 12.3. The molecule has 3 rings (SSSR count). The van der Waals surface area contributed by atoms with Crippen molar-refractivity contribution in [2.45, 2.75) is 24.5 Å². The summed E-state index contributed by atoms with van der Waals surface area (Å²) in [6, 6.07) is 19.2. The number of aryl methyl sites for hydroxylation is 2. The molecule has 162 valence electrons. The number of halogens is 1. The molecular weight excluding hydrogens is 452 g/mol. The van der Waals surface area contributed by atoms with Crippen LogP contribution in [0.5, 0.6) is 0 Å². The third-order valence-electron chi connectivity index (χ3n) is 4.50. The van der Waals surface area contributed by atoms with Crippen molar-refractivity contribution in [3.05, 3.63) is 88.4 Å². The van der Waals surface area contributed by atoms with E-state index in [0.29, 0.717) is 22.2 Å². The zero-order valence-corrected chi connectivity index (χ0v) is 19.6. The number of rotatable bonds is 8. The summed E-state index contributed by atoms with van der Waals surface area (Å²) in [5.41, 5.74) is 4.00. The van der Waals surface area contributed by atoms with E-state index in [9.17, 15) is 13.2 Å². The van der Waals surface area contributed by atoms with Crippen molar-refractivity contribution < 1.29 is 13.2 Å². The van der Waals surface area contributed by atoms with Crippen LogP contribution in [-0.2, 0) is 20.6 Å². The first-order valence-corrected chi connectivity index (χ1v) is 12.6. The average Bonchev–Trinajstić information content (AvgIpc) is 2.72. The minimum absolute atomic E-state index is 0.128. The number of carbonyl (C=O) groups excluding carboxylic acids is 1. The summed E-state index contributed by atoms with van der Waals surface area (Å²) in [6.07, 6.45) is 0. The van der Waals surface area contributed by atoms with E-state index in [4.69, 9.17) is 11.6 Å². The number of thioether (sulfide) groups is 1. The molecule has 0 fully saturated rings. The van der Waals surface area contributed by atoms with Gasteiger partial charge in [-0.1, -0.05) is 35.9 Å². The van der Waals surface area contributed by atoms with Crippen molar-refractivity contribution in [1.29, 1.82) is 0 Å². The fraction of sp³-hybridized carbons (Fsp3) is 0.174. The molecule has 1 amide bonds. The third-order valence-corrected chi connectivity index (χ3v) is 7.14. The molecule has 0 saturated carbocycles. The van der Waals surface area contributed by atoms with E-state index in [1.54, 1.807) is 18.2 Å². The Balaban J connectivity index is 1.55. The number of carbonyl (C=O) groups is 1. The van der Waals surface area contributed by atoms with Crippen molar-refractivity contribution in [3.8, 4) is 0 Å². The Morgan fingerprint density at radius 2 is 1.65 bits per heavy atom. The summed E-state index contributed by atoms with van der Waals surface area (Å²) in [5.74, 6) is 0.839. The van der Waals surface area contributed by atoms with Gasteiger partial charge in [-0.2, -0.15) is 0 Å². The molecule has 0 radical (unpaired) electrons. The van der Waals surface area contributed by atoms with E-state index < -0.39 is 10.0 Å². The van der Waals surface area contributed by atoms with Crippen molar-refractivity contribution in [2.75, 3.05) is 15.8 Å². The molecule has 0 unspecified atom stereocenters. The predicted octanol–water partition coefficient (Wildman–Crippen LogP) is 5.63. The van der Waals surface area contributed by atoms with Crippen LogP contribution in [0, 0.1) is 13.8 Å². The first-order valence-electron chi connectivity index (χ1n) is 9.55. The van der Waals surface area contributed by atoms with Gasteiger partial charge in [-0.05, 0) is 73.0 Å². The highest BCUT2D eigenvalue weighted by Crippen LogP contribution is 2.22. The zero-order chi connectivity index (χ0) is 22.4. The Hall–Kier alpha value is -2.48. The van der Waals surface area contributed by atoms with E-state index in [1.165, 1.54) is 23.9 Å². The van der Waals surface area contributed by atoms with Gasteiger partial charge in [-0.15, -0.1) is 11.8 Å². The summed E-state index contributed by atoms with van der Waals surface area (Å²) < 4.78 is 28.0. The van der Waals surface area contributed by atoms with E-state index in [2.05, 4.69) is 10.0 Å². The van der Waals surface area contributed by atoms with Crippen LogP contribution >= 0.6 is 23.4 Å². The van der Waals surface area contributed by atoms with Crippen LogP contribution in [0.1, 0.15) is 16.7 Å². The molecule has 0 aromatic heterocycles. The summed E-state index contributed by atoms with van der Waals surface area (Å²) in [7, 11) is -3.72. The molecule has 8 heteroatoms. The summed E-state index contributed by atoms with van der Waals surface area (Å²) in [5, 5.41) is 3.47. The lowest BCUT2D eigenvalue weighted by molar-refractivity contribution is -0.113. The summed E-state index contributed by atoms with van der Waals surface area (Å²) in [6.45, 7) is 3.75.